The average molecular weight is 574 g/mol. The van der Waals surface area contributed by atoms with Gasteiger partial charge in [0.1, 0.15) is 24.0 Å². The van der Waals surface area contributed by atoms with Gasteiger partial charge < -0.3 is 9.64 Å². The van der Waals surface area contributed by atoms with Gasteiger partial charge in [-0.05, 0) is 72.5 Å². The van der Waals surface area contributed by atoms with Crippen LogP contribution in [-0.2, 0) is 11.0 Å². The van der Waals surface area contributed by atoms with Gasteiger partial charge in [-0.15, -0.1) is 0 Å². The first kappa shape index (κ1) is 29.0. The van der Waals surface area contributed by atoms with E-state index in [4.69, 9.17) is 4.74 Å². The van der Waals surface area contributed by atoms with Crippen LogP contribution in [0.1, 0.15) is 35.4 Å². The first-order valence-electron chi connectivity index (χ1n) is 13.8. The number of carbonyl (C=O) groups is 1. The van der Waals surface area contributed by atoms with Gasteiger partial charge in [0.25, 0.3) is 0 Å². The van der Waals surface area contributed by atoms with Crippen molar-refractivity contribution in [3.63, 3.8) is 0 Å². The first-order valence-corrected chi connectivity index (χ1v) is 13.8. The Bertz CT molecular complexity index is 1320. The summed E-state index contributed by atoms with van der Waals surface area (Å²) in [4.78, 5) is 19.4. The summed E-state index contributed by atoms with van der Waals surface area (Å²) in [6.07, 6.45) is -2.88. The number of hydrogen-bond acceptors (Lipinski definition) is 4. The summed E-state index contributed by atoms with van der Waals surface area (Å²) in [5.74, 6) is -0.482. The molecule has 41 heavy (non-hydrogen) atoms. The second-order valence-corrected chi connectivity index (χ2v) is 10.5. The Balaban J connectivity index is 1.14. The van der Waals surface area contributed by atoms with Crippen LogP contribution in [0.3, 0.4) is 0 Å². The lowest BCUT2D eigenvalue weighted by atomic mass is 9.87. The van der Waals surface area contributed by atoms with Crippen LogP contribution in [0, 0.1) is 11.6 Å². The van der Waals surface area contributed by atoms with E-state index >= 15 is 0 Å². The molecule has 3 aromatic carbocycles. The smallest absolute Gasteiger partial charge is 0.416 e. The lowest BCUT2D eigenvalue weighted by Gasteiger charge is -2.35. The Morgan fingerprint density at radius 2 is 1.49 bits per heavy atom. The normalized spacial score (nSPS) is 18.6. The maximum Gasteiger partial charge on any atom is 0.416 e. The lowest BCUT2D eigenvalue weighted by molar-refractivity contribution is -0.137. The van der Waals surface area contributed by atoms with Gasteiger partial charge in [-0.25, -0.2) is 8.78 Å². The van der Waals surface area contributed by atoms with Crippen LogP contribution >= 0.6 is 0 Å². The fourth-order valence-corrected chi connectivity index (χ4v) is 5.56. The van der Waals surface area contributed by atoms with Crippen LogP contribution in [0.2, 0.25) is 0 Å². The van der Waals surface area contributed by atoms with Gasteiger partial charge in [0.05, 0.1) is 17.8 Å². The van der Waals surface area contributed by atoms with E-state index in [-0.39, 0.29) is 24.2 Å². The topological polar surface area (TPSA) is 36.0 Å². The van der Waals surface area contributed by atoms with Crippen molar-refractivity contribution in [2.24, 2.45) is 0 Å². The minimum atomic E-state index is -4.38. The first-order chi connectivity index (χ1) is 19.7. The summed E-state index contributed by atoms with van der Waals surface area (Å²) in [5.41, 5.74) is 1.66. The highest BCUT2D eigenvalue weighted by atomic mass is 19.4. The number of halogens is 5. The van der Waals surface area contributed by atoms with E-state index < -0.39 is 17.6 Å². The quantitative estimate of drug-likeness (QED) is 0.328. The molecular weight excluding hydrogens is 541 g/mol. The Morgan fingerprint density at radius 1 is 0.829 bits per heavy atom. The molecule has 2 aliphatic heterocycles. The van der Waals surface area contributed by atoms with E-state index in [0.717, 1.165) is 49.2 Å². The molecule has 0 aliphatic carbocycles. The maximum absolute atomic E-state index is 14.4. The van der Waals surface area contributed by atoms with Gasteiger partial charge in [0.2, 0.25) is 5.91 Å². The predicted molar refractivity (Wildman–Crippen MR) is 146 cm³/mol. The number of amides is 1. The van der Waals surface area contributed by atoms with Gasteiger partial charge in [-0.1, -0.05) is 18.2 Å². The number of rotatable bonds is 7. The van der Waals surface area contributed by atoms with Crippen LogP contribution in [0.5, 0.6) is 5.75 Å². The van der Waals surface area contributed by atoms with Crippen molar-refractivity contribution in [3.05, 3.63) is 95.1 Å². The van der Waals surface area contributed by atoms with Crippen molar-refractivity contribution in [1.29, 1.82) is 0 Å². The van der Waals surface area contributed by atoms with Gasteiger partial charge in [0, 0.05) is 45.2 Å². The largest absolute Gasteiger partial charge is 0.492 e. The summed E-state index contributed by atoms with van der Waals surface area (Å²) >= 11 is 0. The Morgan fingerprint density at radius 3 is 2.17 bits per heavy atom. The third-order valence-electron chi connectivity index (χ3n) is 7.79. The number of piperazine rings is 1. The molecule has 5 nitrogen and oxygen atoms in total. The van der Waals surface area contributed by atoms with Crippen LogP contribution in [0.25, 0.3) is 0 Å². The molecule has 0 radical (unpaired) electrons. The highest BCUT2D eigenvalue weighted by Crippen LogP contribution is 2.39. The Labute approximate surface area is 236 Å². The minimum absolute atomic E-state index is 0.0580. The molecule has 1 unspecified atom stereocenters. The van der Waals surface area contributed by atoms with E-state index in [1.165, 1.54) is 36.4 Å². The molecule has 2 aliphatic rings. The van der Waals surface area contributed by atoms with Crippen molar-refractivity contribution in [2.45, 2.75) is 24.9 Å². The third kappa shape index (κ3) is 7.23. The molecule has 0 bridgehead atoms. The number of benzene rings is 3. The molecule has 1 fully saturated rings. The predicted octanol–water partition coefficient (Wildman–Crippen LogP) is 5.94. The second-order valence-electron chi connectivity index (χ2n) is 10.5. The van der Waals surface area contributed by atoms with Crippen LogP contribution < -0.4 is 9.64 Å². The summed E-state index contributed by atoms with van der Waals surface area (Å²) in [6, 6.07) is 15.6. The van der Waals surface area contributed by atoms with Crippen LogP contribution in [0.15, 0.2) is 66.7 Å². The van der Waals surface area contributed by atoms with Crippen LogP contribution in [-0.4, -0.2) is 68.1 Å². The van der Waals surface area contributed by atoms with Crippen molar-refractivity contribution in [2.75, 3.05) is 57.3 Å². The Hall–Kier alpha value is -3.50. The molecule has 0 N–H and O–H groups in total. The highest BCUT2D eigenvalue weighted by Gasteiger charge is 2.31. The molecule has 2 heterocycles. The van der Waals surface area contributed by atoms with Crippen molar-refractivity contribution in [3.8, 4) is 5.75 Å². The molecule has 218 valence electrons. The number of fused-ring (bicyclic) bond motifs is 1. The molecule has 0 saturated carbocycles. The van der Waals surface area contributed by atoms with Crippen molar-refractivity contribution in [1.82, 2.24) is 9.80 Å². The molecule has 5 rings (SSSR count). The van der Waals surface area contributed by atoms with Gasteiger partial charge in [-0.2, -0.15) is 13.2 Å². The monoisotopic (exact) mass is 573 g/mol. The van der Waals surface area contributed by atoms with Gasteiger partial charge >= 0.3 is 6.18 Å². The minimum Gasteiger partial charge on any atom is -0.492 e. The van der Waals surface area contributed by atoms with Crippen LogP contribution in [0.4, 0.5) is 27.6 Å². The second kappa shape index (κ2) is 12.6. The molecule has 3 aromatic rings. The number of carbonyl (C=O) groups excluding carboxylic acids is 1. The fraction of sp³-hybridized carbons (Fsp3) is 0.387. The summed E-state index contributed by atoms with van der Waals surface area (Å²) in [7, 11) is 0. The van der Waals surface area contributed by atoms with Gasteiger partial charge in [-0.3, -0.25) is 14.6 Å². The van der Waals surface area contributed by atoms with Crippen molar-refractivity contribution < 1.29 is 31.5 Å². The molecule has 0 aromatic heterocycles. The van der Waals surface area contributed by atoms with E-state index in [1.807, 2.05) is 0 Å². The summed E-state index contributed by atoms with van der Waals surface area (Å²) in [6.45, 7) is 4.45. The summed E-state index contributed by atoms with van der Waals surface area (Å²) < 4.78 is 71.7. The number of nitrogens with zero attached hydrogens (tertiary/aromatic N) is 3. The molecule has 1 amide bonds. The molecule has 1 atom stereocenters. The average Bonchev–Trinajstić information content (AvgIpc) is 3.14. The van der Waals surface area contributed by atoms with E-state index in [1.54, 1.807) is 23.1 Å². The summed E-state index contributed by atoms with van der Waals surface area (Å²) in [5, 5.41) is 0. The Kier molecular flexibility index (Phi) is 8.89. The maximum atomic E-state index is 14.4. The van der Waals surface area contributed by atoms with E-state index in [0.29, 0.717) is 44.2 Å². The molecule has 10 heteroatoms. The lowest BCUT2D eigenvalue weighted by Crippen LogP contribution is -2.51. The van der Waals surface area contributed by atoms with Crippen molar-refractivity contribution >= 4 is 11.6 Å². The van der Waals surface area contributed by atoms with E-state index in [9.17, 15) is 26.7 Å². The molecular formula is C31H32F5N3O2. The van der Waals surface area contributed by atoms with E-state index in [2.05, 4.69) is 9.80 Å². The van der Waals surface area contributed by atoms with Gasteiger partial charge in [0.15, 0.2) is 0 Å². The molecule has 1 saturated heterocycles. The fourth-order valence-electron chi connectivity index (χ4n) is 5.56. The zero-order valence-corrected chi connectivity index (χ0v) is 22.5. The number of anilines is 1. The molecule has 0 spiro atoms. The highest BCUT2D eigenvalue weighted by molar-refractivity contribution is 5.96. The number of alkyl halides is 3. The zero-order valence-electron chi connectivity index (χ0n) is 22.5. The zero-order chi connectivity index (χ0) is 29.0. The number of ether oxygens (including phenoxy) is 1. The third-order valence-corrected chi connectivity index (χ3v) is 7.79. The SMILES string of the molecule is O=C(CN1CCN(CCOc2ccc(C(F)(F)F)cc2)CC1)N1CCCC(c2ccc(F)cc2)c2ccc(F)cc21. The number of hydrogen-bond donors (Lipinski definition) is 0. The standard InChI is InChI=1S/C31H32F5N3O2/c32-24-7-3-22(4-8-24)27-2-1-13-39(29-20-25(33)9-12-28(27)29)30(40)21-38-16-14-37(15-17-38)18-19-41-26-10-5-23(6-11-26)31(34,35)36/h3-12,20,27H,1-2,13-19,21H2.